The Morgan fingerprint density at radius 2 is 1.84 bits per heavy atom. The molecule has 1 aliphatic rings. The fourth-order valence-corrected chi connectivity index (χ4v) is 2.69. The van der Waals surface area contributed by atoms with Crippen LogP contribution in [0, 0.1) is 0 Å². The standard InChI is InChI=1S/C19H20N2O4/c1-21(14-7-5-4-6-8-14)19(22)18-12-15(20-25-18)13-9-10-16(23-2)17(11-13)24-3/h4-11,18H,12H2,1-3H3. The van der Waals surface area contributed by atoms with E-state index in [2.05, 4.69) is 5.16 Å². The molecule has 3 rings (SSSR count). The predicted octanol–water partition coefficient (Wildman–Crippen LogP) is 2.86. The van der Waals surface area contributed by atoms with Crippen molar-refractivity contribution in [1.29, 1.82) is 0 Å². The molecule has 6 nitrogen and oxygen atoms in total. The second-order valence-electron chi connectivity index (χ2n) is 5.64. The van der Waals surface area contributed by atoms with Crippen molar-refractivity contribution in [2.75, 3.05) is 26.2 Å². The number of carbonyl (C=O) groups excluding carboxylic acids is 1. The Kier molecular flexibility index (Phi) is 4.88. The highest BCUT2D eigenvalue weighted by atomic mass is 16.6. The molecule has 0 saturated heterocycles. The van der Waals surface area contributed by atoms with Gasteiger partial charge in [-0.05, 0) is 30.3 Å². The van der Waals surface area contributed by atoms with Crippen molar-refractivity contribution in [3.05, 3.63) is 54.1 Å². The molecule has 0 spiro atoms. The van der Waals surface area contributed by atoms with Gasteiger partial charge >= 0.3 is 0 Å². The van der Waals surface area contributed by atoms with Gasteiger partial charge in [0.1, 0.15) is 0 Å². The molecule has 1 unspecified atom stereocenters. The van der Waals surface area contributed by atoms with E-state index in [9.17, 15) is 4.79 Å². The van der Waals surface area contributed by atoms with Crippen molar-refractivity contribution in [2.45, 2.75) is 12.5 Å². The molecule has 2 aromatic carbocycles. The lowest BCUT2D eigenvalue weighted by Crippen LogP contribution is -2.36. The second-order valence-corrected chi connectivity index (χ2v) is 5.64. The molecule has 25 heavy (non-hydrogen) atoms. The van der Waals surface area contributed by atoms with Crippen molar-refractivity contribution >= 4 is 17.3 Å². The molecule has 0 N–H and O–H groups in total. The Hall–Kier alpha value is -3.02. The SMILES string of the molecule is COc1ccc(C2=NOC(C(=O)N(C)c3ccccc3)C2)cc1OC. The van der Waals surface area contributed by atoms with Crippen LogP contribution in [0.3, 0.4) is 0 Å². The maximum Gasteiger partial charge on any atom is 0.271 e. The van der Waals surface area contributed by atoms with E-state index in [1.54, 1.807) is 26.2 Å². The summed E-state index contributed by atoms with van der Waals surface area (Å²) in [5.41, 5.74) is 2.37. The van der Waals surface area contributed by atoms with Gasteiger partial charge in [0.15, 0.2) is 11.5 Å². The van der Waals surface area contributed by atoms with Gasteiger partial charge < -0.3 is 19.2 Å². The quantitative estimate of drug-likeness (QED) is 0.840. The van der Waals surface area contributed by atoms with Gasteiger partial charge in [0.25, 0.3) is 5.91 Å². The number of carbonyl (C=O) groups is 1. The van der Waals surface area contributed by atoms with E-state index in [0.29, 0.717) is 23.6 Å². The van der Waals surface area contributed by atoms with Crippen molar-refractivity contribution in [3.8, 4) is 11.5 Å². The van der Waals surface area contributed by atoms with Gasteiger partial charge in [0.2, 0.25) is 6.10 Å². The molecule has 0 fully saturated rings. The van der Waals surface area contributed by atoms with Crippen LogP contribution in [0.25, 0.3) is 0 Å². The summed E-state index contributed by atoms with van der Waals surface area (Å²) in [4.78, 5) is 19.6. The lowest BCUT2D eigenvalue weighted by molar-refractivity contribution is -0.128. The van der Waals surface area contributed by atoms with E-state index >= 15 is 0 Å². The van der Waals surface area contributed by atoms with E-state index < -0.39 is 6.10 Å². The molecule has 1 atom stereocenters. The number of likely N-dealkylation sites (N-methyl/N-ethyl adjacent to an activating group) is 1. The van der Waals surface area contributed by atoms with E-state index in [1.807, 2.05) is 48.5 Å². The van der Waals surface area contributed by atoms with Crippen LogP contribution < -0.4 is 14.4 Å². The van der Waals surface area contributed by atoms with Crippen LogP contribution in [-0.4, -0.2) is 39.0 Å². The van der Waals surface area contributed by atoms with Crippen LogP contribution >= 0.6 is 0 Å². The van der Waals surface area contributed by atoms with Crippen molar-refractivity contribution < 1.29 is 19.1 Å². The zero-order valence-electron chi connectivity index (χ0n) is 14.4. The molecular formula is C19H20N2O4. The molecule has 130 valence electrons. The summed E-state index contributed by atoms with van der Waals surface area (Å²) in [6.45, 7) is 0. The first-order valence-corrected chi connectivity index (χ1v) is 7.91. The minimum Gasteiger partial charge on any atom is -0.493 e. The largest absolute Gasteiger partial charge is 0.493 e. The first-order valence-electron chi connectivity index (χ1n) is 7.91. The van der Waals surface area contributed by atoms with Crippen molar-refractivity contribution in [3.63, 3.8) is 0 Å². The summed E-state index contributed by atoms with van der Waals surface area (Å²) in [5, 5.41) is 4.09. The van der Waals surface area contributed by atoms with E-state index in [0.717, 1.165) is 11.3 Å². The first kappa shape index (κ1) is 16.8. The topological polar surface area (TPSA) is 60.4 Å². The van der Waals surface area contributed by atoms with Gasteiger partial charge in [-0.2, -0.15) is 0 Å². The number of rotatable bonds is 5. The number of anilines is 1. The summed E-state index contributed by atoms with van der Waals surface area (Å²) >= 11 is 0. The minimum atomic E-state index is -0.631. The highest BCUT2D eigenvalue weighted by Crippen LogP contribution is 2.30. The van der Waals surface area contributed by atoms with Crippen LogP contribution in [0.5, 0.6) is 11.5 Å². The third-order valence-electron chi connectivity index (χ3n) is 4.14. The average Bonchev–Trinajstić information content (AvgIpc) is 3.17. The smallest absolute Gasteiger partial charge is 0.271 e. The zero-order chi connectivity index (χ0) is 17.8. The number of amides is 1. The number of para-hydroxylation sites is 1. The Balaban J connectivity index is 1.72. The van der Waals surface area contributed by atoms with Gasteiger partial charge in [-0.3, -0.25) is 4.79 Å². The lowest BCUT2D eigenvalue weighted by Gasteiger charge is -2.19. The molecule has 1 aliphatic heterocycles. The van der Waals surface area contributed by atoms with Gasteiger partial charge in [-0.1, -0.05) is 23.4 Å². The molecule has 1 heterocycles. The predicted molar refractivity (Wildman–Crippen MR) is 95.4 cm³/mol. The molecular weight excluding hydrogens is 320 g/mol. The monoisotopic (exact) mass is 340 g/mol. The Labute approximate surface area is 146 Å². The van der Waals surface area contributed by atoms with Gasteiger partial charge in [0, 0.05) is 24.7 Å². The molecule has 0 aliphatic carbocycles. The normalized spacial score (nSPS) is 16.0. The second kappa shape index (κ2) is 7.25. The maximum atomic E-state index is 12.6. The summed E-state index contributed by atoms with van der Waals surface area (Å²) in [6.07, 6.45) is -0.223. The third-order valence-corrected chi connectivity index (χ3v) is 4.14. The molecule has 6 heteroatoms. The summed E-state index contributed by atoms with van der Waals surface area (Å²) in [7, 11) is 4.90. The molecule has 1 amide bonds. The molecule has 0 bridgehead atoms. The summed E-state index contributed by atoms with van der Waals surface area (Å²) in [5.74, 6) is 1.12. The Morgan fingerprint density at radius 1 is 1.12 bits per heavy atom. The van der Waals surface area contributed by atoms with Gasteiger partial charge in [-0.15, -0.1) is 0 Å². The fraction of sp³-hybridized carbons (Fsp3) is 0.263. The number of benzene rings is 2. The highest BCUT2D eigenvalue weighted by Gasteiger charge is 2.31. The molecule has 2 aromatic rings. The van der Waals surface area contributed by atoms with Crippen LogP contribution in [0.2, 0.25) is 0 Å². The van der Waals surface area contributed by atoms with Crippen LogP contribution in [-0.2, 0) is 9.63 Å². The number of oxime groups is 1. The Morgan fingerprint density at radius 3 is 2.52 bits per heavy atom. The molecule has 0 radical (unpaired) electrons. The number of ether oxygens (including phenoxy) is 2. The minimum absolute atomic E-state index is 0.134. The number of hydrogen-bond acceptors (Lipinski definition) is 5. The van der Waals surface area contributed by atoms with Crippen molar-refractivity contribution in [1.82, 2.24) is 0 Å². The highest BCUT2D eigenvalue weighted by molar-refractivity contribution is 6.06. The van der Waals surface area contributed by atoms with Crippen LogP contribution in [0.1, 0.15) is 12.0 Å². The average molecular weight is 340 g/mol. The van der Waals surface area contributed by atoms with E-state index in [-0.39, 0.29) is 5.91 Å². The van der Waals surface area contributed by atoms with E-state index in [4.69, 9.17) is 14.3 Å². The number of hydrogen-bond donors (Lipinski definition) is 0. The van der Waals surface area contributed by atoms with Gasteiger partial charge in [-0.25, -0.2) is 0 Å². The third kappa shape index (κ3) is 3.42. The molecule has 0 aromatic heterocycles. The zero-order valence-corrected chi connectivity index (χ0v) is 14.4. The van der Waals surface area contributed by atoms with Gasteiger partial charge in [0.05, 0.1) is 19.9 Å². The summed E-state index contributed by atoms with van der Waals surface area (Å²) < 4.78 is 10.5. The van der Waals surface area contributed by atoms with Crippen molar-refractivity contribution in [2.24, 2.45) is 5.16 Å². The lowest BCUT2D eigenvalue weighted by atomic mass is 10.0. The van der Waals surface area contributed by atoms with Crippen LogP contribution in [0.15, 0.2) is 53.7 Å². The first-order chi connectivity index (χ1) is 12.1. The fourth-order valence-electron chi connectivity index (χ4n) is 2.69. The van der Waals surface area contributed by atoms with E-state index in [1.165, 1.54) is 0 Å². The van der Waals surface area contributed by atoms with Crippen LogP contribution in [0.4, 0.5) is 5.69 Å². The number of methoxy groups -OCH3 is 2. The summed E-state index contributed by atoms with van der Waals surface area (Å²) in [6, 6.07) is 15.0. The molecule has 0 saturated carbocycles. The Bertz CT molecular complexity index is 789. The maximum absolute atomic E-state index is 12.6. The number of nitrogens with zero attached hydrogens (tertiary/aromatic N) is 2.